The molecule has 0 aliphatic rings. The molecule has 8 heteroatoms. The molecule has 0 fully saturated rings. The Kier molecular flexibility index (Phi) is 5.63. The molecule has 2 aromatic carbocycles. The molecule has 2 N–H and O–H groups in total. The van der Waals surface area contributed by atoms with E-state index < -0.39 is 12.1 Å². The van der Waals surface area contributed by atoms with Crippen molar-refractivity contribution in [1.29, 1.82) is 0 Å². The predicted molar refractivity (Wildman–Crippen MR) is 85.3 cm³/mol. The quantitative estimate of drug-likeness (QED) is 0.869. The Morgan fingerprint density at radius 1 is 1.04 bits per heavy atom. The van der Waals surface area contributed by atoms with Crippen LogP contribution in [-0.2, 0) is 11.3 Å². The van der Waals surface area contributed by atoms with Crippen LogP contribution in [0.2, 0.25) is 0 Å². The number of ether oxygens (including phenoxy) is 1. The van der Waals surface area contributed by atoms with Gasteiger partial charge in [-0.05, 0) is 29.8 Å². The average molecular weight is 352 g/mol. The molecular weight excluding hydrogens is 337 g/mol. The lowest BCUT2D eigenvalue weighted by Gasteiger charge is -2.10. The van der Waals surface area contributed by atoms with Crippen LogP contribution in [-0.4, -0.2) is 25.1 Å². The molecule has 0 saturated carbocycles. The number of anilines is 1. The zero-order valence-corrected chi connectivity index (χ0v) is 13.2. The molecule has 0 radical (unpaired) electrons. The number of benzene rings is 2. The van der Waals surface area contributed by atoms with Gasteiger partial charge in [0.2, 0.25) is 0 Å². The van der Waals surface area contributed by atoms with Crippen molar-refractivity contribution >= 4 is 17.5 Å². The number of para-hydroxylation sites is 1. The van der Waals surface area contributed by atoms with Gasteiger partial charge in [0.1, 0.15) is 5.75 Å². The van der Waals surface area contributed by atoms with Crippen molar-refractivity contribution in [2.24, 2.45) is 0 Å². The third-order valence-electron chi connectivity index (χ3n) is 3.27. The number of methoxy groups -OCH3 is 1. The largest absolute Gasteiger partial charge is 0.496 e. The minimum absolute atomic E-state index is 0.0159. The summed E-state index contributed by atoms with van der Waals surface area (Å²) in [5.41, 5.74) is 1.05. The third-order valence-corrected chi connectivity index (χ3v) is 3.27. The molecule has 0 saturated heterocycles. The molecular formula is C17H15F3N2O3. The van der Waals surface area contributed by atoms with Gasteiger partial charge in [-0.25, -0.2) is 0 Å². The van der Waals surface area contributed by atoms with E-state index in [4.69, 9.17) is 4.74 Å². The van der Waals surface area contributed by atoms with E-state index in [1.807, 2.05) is 0 Å². The van der Waals surface area contributed by atoms with Crippen LogP contribution in [0.3, 0.4) is 0 Å². The first-order chi connectivity index (χ1) is 11.8. The zero-order chi connectivity index (χ0) is 18.4. The number of rotatable bonds is 5. The van der Waals surface area contributed by atoms with Gasteiger partial charge in [0.25, 0.3) is 5.91 Å². The Bertz CT molecular complexity index is 758. The van der Waals surface area contributed by atoms with Gasteiger partial charge in [-0.2, -0.15) is 13.2 Å². The van der Waals surface area contributed by atoms with E-state index >= 15 is 0 Å². The number of halogens is 3. The second-order valence-corrected chi connectivity index (χ2v) is 5.03. The highest BCUT2D eigenvalue weighted by molar-refractivity contribution is 5.97. The smallest absolute Gasteiger partial charge is 0.471 e. The van der Waals surface area contributed by atoms with Gasteiger partial charge in [0.05, 0.1) is 12.7 Å². The van der Waals surface area contributed by atoms with Gasteiger partial charge in [-0.3, -0.25) is 9.59 Å². The maximum atomic E-state index is 12.2. The third kappa shape index (κ3) is 4.97. The highest BCUT2D eigenvalue weighted by Gasteiger charge is 2.38. The van der Waals surface area contributed by atoms with Crippen LogP contribution in [0.5, 0.6) is 5.75 Å². The van der Waals surface area contributed by atoms with Crippen LogP contribution in [0.15, 0.2) is 48.5 Å². The Hall–Kier alpha value is -3.03. The van der Waals surface area contributed by atoms with E-state index in [2.05, 4.69) is 5.32 Å². The molecule has 0 unspecified atom stereocenters. The monoisotopic (exact) mass is 352 g/mol. The van der Waals surface area contributed by atoms with Gasteiger partial charge in [-0.15, -0.1) is 0 Å². The summed E-state index contributed by atoms with van der Waals surface area (Å²) in [6.07, 6.45) is -4.94. The molecule has 2 rings (SSSR count). The maximum Gasteiger partial charge on any atom is 0.471 e. The van der Waals surface area contributed by atoms with Crippen LogP contribution >= 0.6 is 0 Å². The Labute approximate surface area is 141 Å². The summed E-state index contributed by atoms with van der Waals surface area (Å²) in [6.45, 7) is 0.171. The van der Waals surface area contributed by atoms with Gasteiger partial charge in [0.15, 0.2) is 0 Å². The first-order valence-electron chi connectivity index (χ1n) is 7.19. The van der Waals surface area contributed by atoms with Crippen LogP contribution < -0.4 is 15.4 Å². The summed E-state index contributed by atoms with van der Waals surface area (Å²) in [4.78, 5) is 23.0. The molecule has 25 heavy (non-hydrogen) atoms. The Morgan fingerprint density at radius 2 is 1.68 bits per heavy atom. The minimum atomic E-state index is -4.94. The Morgan fingerprint density at radius 3 is 2.28 bits per heavy atom. The molecule has 0 aromatic heterocycles. The number of nitrogens with one attached hydrogen (secondary N) is 2. The molecule has 0 aliphatic carbocycles. The van der Waals surface area contributed by atoms with Gasteiger partial charge >= 0.3 is 12.1 Å². The second kappa shape index (κ2) is 7.69. The Balaban J connectivity index is 1.95. The van der Waals surface area contributed by atoms with E-state index in [0.29, 0.717) is 16.9 Å². The van der Waals surface area contributed by atoms with E-state index in [1.54, 1.807) is 29.6 Å². The standard InChI is InChI=1S/C17H15F3N2O3/c1-25-14-5-3-2-4-13(14)15(23)21-10-11-6-8-12(9-7-11)22-16(24)17(18,19)20/h2-9H,10H2,1H3,(H,21,23)(H,22,24). The van der Waals surface area contributed by atoms with Crippen LogP contribution in [0.25, 0.3) is 0 Å². The SMILES string of the molecule is COc1ccccc1C(=O)NCc1ccc(NC(=O)C(F)(F)F)cc1. The predicted octanol–water partition coefficient (Wildman–Crippen LogP) is 3.13. The van der Waals surface area contributed by atoms with E-state index in [9.17, 15) is 22.8 Å². The number of amides is 2. The summed E-state index contributed by atoms with van der Waals surface area (Å²) in [5, 5.41) is 4.44. The van der Waals surface area contributed by atoms with E-state index in [1.165, 1.54) is 31.4 Å². The second-order valence-electron chi connectivity index (χ2n) is 5.03. The van der Waals surface area contributed by atoms with Crippen molar-refractivity contribution in [3.8, 4) is 5.75 Å². The summed E-state index contributed by atoms with van der Waals surface area (Å²) < 4.78 is 41.6. The number of carbonyl (C=O) groups is 2. The first kappa shape index (κ1) is 18.3. The number of carbonyl (C=O) groups excluding carboxylic acids is 2. The van der Waals surface area contributed by atoms with Gasteiger partial charge in [-0.1, -0.05) is 24.3 Å². The molecule has 2 aromatic rings. The maximum absolute atomic E-state index is 12.2. The summed E-state index contributed by atoms with van der Waals surface area (Å²) in [5.74, 6) is -1.94. The van der Waals surface area contributed by atoms with Crippen molar-refractivity contribution < 1.29 is 27.5 Å². The minimum Gasteiger partial charge on any atom is -0.496 e. The lowest BCUT2D eigenvalue weighted by molar-refractivity contribution is -0.167. The normalized spacial score (nSPS) is 10.9. The summed E-state index contributed by atoms with van der Waals surface area (Å²) >= 11 is 0. The van der Waals surface area contributed by atoms with Crippen molar-refractivity contribution in [1.82, 2.24) is 5.32 Å². The number of hydrogen-bond donors (Lipinski definition) is 2. The lowest BCUT2D eigenvalue weighted by atomic mass is 10.1. The van der Waals surface area contributed by atoms with Gasteiger partial charge in [0, 0.05) is 12.2 Å². The average Bonchev–Trinajstić information content (AvgIpc) is 2.60. The van der Waals surface area contributed by atoms with Crippen LogP contribution in [0.4, 0.5) is 18.9 Å². The van der Waals surface area contributed by atoms with Gasteiger partial charge < -0.3 is 15.4 Å². The fourth-order valence-electron chi connectivity index (χ4n) is 2.02. The zero-order valence-electron chi connectivity index (χ0n) is 13.2. The van der Waals surface area contributed by atoms with Crippen molar-refractivity contribution in [2.75, 3.05) is 12.4 Å². The fourth-order valence-corrected chi connectivity index (χ4v) is 2.02. The molecule has 2 amide bonds. The van der Waals surface area contributed by atoms with E-state index in [-0.39, 0.29) is 18.1 Å². The summed E-state index contributed by atoms with van der Waals surface area (Å²) in [7, 11) is 1.46. The van der Waals surface area contributed by atoms with Crippen molar-refractivity contribution in [2.45, 2.75) is 12.7 Å². The molecule has 0 aliphatic heterocycles. The van der Waals surface area contributed by atoms with Crippen LogP contribution in [0, 0.1) is 0 Å². The molecule has 0 atom stereocenters. The lowest BCUT2D eigenvalue weighted by Crippen LogP contribution is -2.29. The highest BCUT2D eigenvalue weighted by Crippen LogP contribution is 2.19. The molecule has 0 bridgehead atoms. The molecule has 0 heterocycles. The molecule has 5 nitrogen and oxygen atoms in total. The van der Waals surface area contributed by atoms with Crippen molar-refractivity contribution in [3.63, 3.8) is 0 Å². The first-order valence-corrected chi connectivity index (χ1v) is 7.19. The highest BCUT2D eigenvalue weighted by atomic mass is 19.4. The molecule has 0 spiro atoms. The van der Waals surface area contributed by atoms with E-state index in [0.717, 1.165) is 0 Å². The fraction of sp³-hybridized carbons (Fsp3) is 0.176. The number of hydrogen-bond acceptors (Lipinski definition) is 3. The van der Waals surface area contributed by atoms with Crippen LogP contribution in [0.1, 0.15) is 15.9 Å². The summed E-state index contributed by atoms with van der Waals surface area (Å²) in [6, 6.07) is 12.4. The number of alkyl halides is 3. The topological polar surface area (TPSA) is 67.4 Å². The molecule has 132 valence electrons. The van der Waals surface area contributed by atoms with Crippen molar-refractivity contribution in [3.05, 3.63) is 59.7 Å².